The van der Waals surface area contributed by atoms with Gasteiger partial charge >= 0.3 is 12.5 Å². The minimum atomic E-state index is -3.40. The number of rotatable bonds is 7. The molecule has 2 amide bonds. The van der Waals surface area contributed by atoms with Crippen molar-refractivity contribution in [3.05, 3.63) is 58.2 Å². The van der Waals surface area contributed by atoms with Crippen molar-refractivity contribution in [1.29, 1.82) is 0 Å². The SMILES string of the molecule is O=C1NCC(C(=O)N[C@@H](c2ccc(OC(F)C(F)F)nc2)c2ccc(F)c(Cl)c2F)O1. The summed E-state index contributed by atoms with van der Waals surface area (Å²) >= 11 is 5.62. The van der Waals surface area contributed by atoms with Crippen LogP contribution in [0.2, 0.25) is 5.02 Å². The summed E-state index contributed by atoms with van der Waals surface area (Å²) in [5.74, 6) is -3.52. The fourth-order valence-electron chi connectivity index (χ4n) is 2.67. The van der Waals surface area contributed by atoms with Gasteiger partial charge in [0.15, 0.2) is 6.10 Å². The van der Waals surface area contributed by atoms with Crippen molar-refractivity contribution in [2.45, 2.75) is 24.9 Å². The molecule has 1 aliphatic heterocycles. The predicted molar refractivity (Wildman–Crippen MR) is 95.4 cm³/mol. The summed E-state index contributed by atoms with van der Waals surface area (Å²) < 4.78 is 74.9. The number of ether oxygens (including phenoxy) is 2. The number of amides is 2. The van der Waals surface area contributed by atoms with Crippen molar-refractivity contribution < 1.29 is 41.0 Å². The first-order valence-corrected chi connectivity index (χ1v) is 8.98. The van der Waals surface area contributed by atoms with Crippen LogP contribution in [-0.4, -0.2) is 42.4 Å². The largest absolute Gasteiger partial charge is 0.437 e. The normalized spacial score (nSPS) is 17.6. The molecule has 1 saturated heterocycles. The highest BCUT2D eigenvalue weighted by molar-refractivity contribution is 6.31. The Kier molecular flexibility index (Phi) is 6.78. The van der Waals surface area contributed by atoms with Gasteiger partial charge in [-0.1, -0.05) is 17.7 Å². The summed E-state index contributed by atoms with van der Waals surface area (Å²) in [5.41, 5.74) is -0.171. The first-order chi connectivity index (χ1) is 14.7. The van der Waals surface area contributed by atoms with Gasteiger partial charge in [-0.2, -0.15) is 4.39 Å². The Balaban J connectivity index is 1.91. The average molecular weight is 466 g/mol. The lowest BCUT2D eigenvalue weighted by Gasteiger charge is -2.22. The van der Waals surface area contributed by atoms with Gasteiger partial charge in [0.1, 0.15) is 16.7 Å². The zero-order valence-corrected chi connectivity index (χ0v) is 16.0. The summed E-state index contributed by atoms with van der Waals surface area (Å²) in [6.07, 6.45) is -7.34. The number of pyridine rings is 1. The molecule has 7 nitrogen and oxygen atoms in total. The Labute approximate surface area is 176 Å². The highest BCUT2D eigenvalue weighted by atomic mass is 35.5. The van der Waals surface area contributed by atoms with E-state index < -0.39 is 59.5 Å². The molecule has 0 radical (unpaired) electrons. The van der Waals surface area contributed by atoms with E-state index in [0.29, 0.717) is 0 Å². The van der Waals surface area contributed by atoms with Crippen LogP contribution in [-0.2, 0) is 9.53 Å². The molecule has 1 fully saturated rings. The molecular weight excluding hydrogens is 453 g/mol. The van der Waals surface area contributed by atoms with Crippen LogP contribution < -0.4 is 15.4 Å². The van der Waals surface area contributed by atoms with Gasteiger partial charge in [0, 0.05) is 17.8 Å². The molecule has 3 rings (SSSR count). The van der Waals surface area contributed by atoms with Crippen LogP contribution in [0.15, 0.2) is 30.5 Å². The molecule has 1 aromatic heterocycles. The van der Waals surface area contributed by atoms with Crippen LogP contribution in [0.3, 0.4) is 0 Å². The quantitative estimate of drug-likeness (QED) is 0.484. The maximum atomic E-state index is 14.6. The van der Waals surface area contributed by atoms with Crippen LogP contribution in [0, 0.1) is 11.6 Å². The molecular formula is C18H13ClF5N3O4. The van der Waals surface area contributed by atoms with Crippen molar-refractivity contribution in [2.24, 2.45) is 0 Å². The molecule has 1 aliphatic rings. The standard InChI is InChI=1S/C18H13ClF5N3O4/c19-12-9(20)3-2-8(13(12)21)14(27-17(28)10-6-26-18(29)30-10)7-1-4-11(25-5-7)31-16(24)15(22)23/h1-5,10,14-16H,6H2,(H,26,29)(H,27,28)/t10?,14-,16?/m0/s1. The molecule has 13 heteroatoms. The van der Waals surface area contributed by atoms with E-state index in [1.54, 1.807) is 0 Å². The monoisotopic (exact) mass is 465 g/mol. The Morgan fingerprint density at radius 3 is 2.58 bits per heavy atom. The number of nitrogens with zero attached hydrogens (tertiary/aromatic N) is 1. The van der Waals surface area contributed by atoms with Gasteiger partial charge in [0.25, 0.3) is 12.3 Å². The highest BCUT2D eigenvalue weighted by Crippen LogP contribution is 2.30. The lowest BCUT2D eigenvalue weighted by molar-refractivity contribution is -0.128. The van der Waals surface area contributed by atoms with E-state index in [4.69, 9.17) is 16.3 Å². The predicted octanol–water partition coefficient (Wildman–Crippen LogP) is 3.27. The van der Waals surface area contributed by atoms with Crippen LogP contribution >= 0.6 is 11.6 Å². The molecule has 31 heavy (non-hydrogen) atoms. The van der Waals surface area contributed by atoms with Gasteiger partial charge in [-0.15, -0.1) is 0 Å². The fraction of sp³-hybridized carbons (Fsp3) is 0.278. The van der Waals surface area contributed by atoms with Crippen LogP contribution in [0.1, 0.15) is 17.2 Å². The smallest absolute Gasteiger partial charge is 0.408 e. The van der Waals surface area contributed by atoms with Gasteiger partial charge in [-0.25, -0.2) is 27.3 Å². The maximum Gasteiger partial charge on any atom is 0.408 e. The Hall–Kier alpha value is -3.15. The zero-order chi connectivity index (χ0) is 22.7. The lowest BCUT2D eigenvalue weighted by atomic mass is 9.99. The van der Waals surface area contributed by atoms with Gasteiger partial charge in [0.2, 0.25) is 5.88 Å². The number of carbonyl (C=O) groups is 2. The van der Waals surface area contributed by atoms with Gasteiger partial charge in [-0.3, -0.25) is 4.79 Å². The Morgan fingerprint density at radius 1 is 1.26 bits per heavy atom. The fourth-order valence-corrected chi connectivity index (χ4v) is 2.85. The van der Waals surface area contributed by atoms with Gasteiger partial charge in [0.05, 0.1) is 12.6 Å². The van der Waals surface area contributed by atoms with E-state index in [2.05, 4.69) is 20.4 Å². The second-order valence-corrected chi connectivity index (χ2v) is 6.59. The number of nitrogens with one attached hydrogen (secondary N) is 2. The topological polar surface area (TPSA) is 89.6 Å². The van der Waals surface area contributed by atoms with Crippen molar-refractivity contribution in [3.63, 3.8) is 0 Å². The number of benzene rings is 1. The van der Waals surface area contributed by atoms with E-state index in [1.165, 1.54) is 6.07 Å². The number of hydrogen-bond acceptors (Lipinski definition) is 5. The van der Waals surface area contributed by atoms with E-state index in [9.17, 15) is 31.5 Å². The highest BCUT2D eigenvalue weighted by Gasteiger charge is 2.32. The van der Waals surface area contributed by atoms with Crippen molar-refractivity contribution in [1.82, 2.24) is 15.6 Å². The minimum absolute atomic E-state index is 0.0898. The summed E-state index contributed by atoms with van der Waals surface area (Å²) in [7, 11) is 0. The van der Waals surface area contributed by atoms with E-state index in [1.807, 2.05) is 0 Å². The van der Waals surface area contributed by atoms with Crippen LogP contribution in [0.4, 0.5) is 26.7 Å². The second-order valence-electron chi connectivity index (χ2n) is 6.21. The zero-order valence-electron chi connectivity index (χ0n) is 15.3. The molecule has 2 aromatic rings. The maximum absolute atomic E-state index is 14.6. The van der Waals surface area contributed by atoms with Crippen molar-refractivity contribution in [3.8, 4) is 5.88 Å². The minimum Gasteiger partial charge on any atom is -0.437 e. The van der Waals surface area contributed by atoms with E-state index in [-0.39, 0.29) is 17.7 Å². The van der Waals surface area contributed by atoms with Gasteiger partial charge in [-0.05, 0) is 17.7 Å². The Bertz CT molecular complexity index is 979. The van der Waals surface area contributed by atoms with E-state index in [0.717, 1.165) is 24.4 Å². The third kappa shape index (κ3) is 5.13. The van der Waals surface area contributed by atoms with E-state index >= 15 is 0 Å². The molecule has 2 N–H and O–H groups in total. The molecule has 2 unspecified atom stereocenters. The number of aromatic nitrogens is 1. The summed E-state index contributed by atoms with van der Waals surface area (Å²) in [4.78, 5) is 27.3. The molecule has 3 atom stereocenters. The lowest BCUT2D eigenvalue weighted by Crippen LogP contribution is -2.39. The molecule has 2 heterocycles. The first-order valence-electron chi connectivity index (χ1n) is 8.60. The molecule has 1 aromatic carbocycles. The first kappa shape index (κ1) is 22.5. The summed E-state index contributed by atoms with van der Waals surface area (Å²) in [6.45, 7) is -0.138. The third-order valence-corrected chi connectivity index (χ3v) is 4.51. The summed E-state index contributed by atoms with van der Waals surface area (Å²) in [6, 6.07) is 2.81. The average Bonchev–Trinajstić information content (AvgIpc) is 3.18. The summed E-state index contributed by atoms with van der Waals surface area (Å²) in [5, 5.41) is 3.88. The number of alkyl carbamates (subject to hydrolysis) is 1. The molecule has 0 aliphatic carbocycles. The van der Waals surface area contributed by atoms with Gasteiger partial charge < -0.3 is 20.1 Å². The molecule has 0 saturated carbocycles. The number of alkyl halides is 3. The third-order valence-electron chi connectivity index (χ3n) is 4.16. The number of cyclic esters (lactones) is 1. The number of hydrogen-bond donors (Lipinski definition) is 2. The molecule has 0 spiro atoms. The molecule has 166 valence electrons. The molecule has 0 bridgehead atoms. The van der Waals surface area contributed by atoms with Crippen LogP contribution in [0.5, 0.6) is 5.88 Å². The van der Waals surface area contributed by atoms with Crippen molar-refractivity contribution in [2.75, 3.05) is 6.54 Å². The van der Waals surface area contributed by atoms with Crippen LogP contribution in [0.25, 0.3) is 0 Å². The number of carbonyl (C=O) groups excluding carboxylic acids is 2. The number of halogens is 6. The second kappa shape index (κ2) is 9.33. The van der Waals surface area contributed by atoms with Crippen molar-refractivity contribution >= 4 is 23.6 Å². The Morgan fingerprint density at radius 2 is 2.00 bits per heavy atom.